The van der Waals surface area contributed by atoms with Gasteiger partial charge in [-0.05, 0) is 55.5 Å². The van der Waals surface area contributed by atoms with Crippen molar-refractivity contribution in [3.05, 3.63) is 77.2 Å². The van der Waals surface area contributed by atoms with E-state index in [9.17, 15) is 0 Å². The Morgan fingerprint density at radius 2 is 1.70 bits per heavy atom. The topological polar surface area (TPSA) is 62.7 Å². The molecule has 0 spiro atoms. The van der Waals surface area contributed by atoms with Crippen molar-refractivity contribution in [2.24, 2.45) is 0 Å². The van der Waals surface area contributed by atoms with Crippen molar-refractivity contribution >= 4 is 34.1 Å². The highest BCUT2D eigenvalue weighted by atomic mass is 35.5. The van der Waals surface area contributed by atoms with Crippen LogP contribution in [0, 0.1) is 6.92 Å². The molecule has 0 atom stereocenters. The summed E-state index contributed by atoms with van der Waals surface area (Å²) in [5, 5.41) is 10.8. The first kappa shape index (κ1) is 20.2. The zero-order chi connectivity index (χ0) is 22.4. The van der Waals surface area contributed by atoms with E-state index < -0.39 is 0 Å². The summed E-state index contributed by atoms with van der Waals surface area (Å²) >= 11 is 6.12. The van der Waals surface area contributed by atoms with Gasteiger partial charge < -0.3 is 9.32 Å². The first-order valence-corrected chi connectivity index (χ1v) is 11.5. The summed E-state index contributed by atoms with van der Waals surface area (Å²) in [6.07, 6.45) is 0. The van der Waals surface area contributed by atoms with Gasteiger partial charge in [0.05, 0.1) is 12.1 Å². The predicted molar refractivity (Wildman–Crippen MR) is 130 cm³/mol. The molecular formula is C25H23ClN6O. The van der Waals surface area contributed by atoms with Crippen LogP contribution in [0.1, 0.15) is 11.5 Å². The summed E-state index contributed by atoms with van der Waals surface area (Å²) in [6.45, 7) is 6.37. The van der Waals surface area contributed by atoms with Gasteiger partial charge in [0.1, 0.15) is 11.5 Å². The lowest BCUT2D eigenvalue weighted by atomic mass is 10.2. The number of para-hydroxylation sites is 1. The van der Waals surface area contributed by atoms with Gasteiger partial charge in [-0.3, -0.25) is 4.90 Å². The van der Waals surface area contributed by atoms with Crippen LogP contribution in [0.2, 0.25) is 5.02 Å². The first-order valence-electron chi connectivity index (χ1n) is 11.1. The first-order chi connectivity index (χ1) is 16.2. The van der Waals surface area contributed by atoms with Gasteiger partial charge in [-0.1, -0.05) is 23.7 Å². The largest absolute Gasteiger partial charge is 0.465 e. The molecule has 5 aromatic rings. The number of hydrogen-bond donors (Lipinski definition) is 0. The van der Waals surface area contributed by atoms with Crippen LogP contribution in [-0.2, 0) is 6.54 Å². The molecule has 1 saturated heterocycles. The Morgan fingerprint density at radius 1 is 0.909 bits per heavy atom. The minimum absolute atomic E-state index is 0.694. The minimum Gasteiger partial charge on any atom is -0.465 e. The van der Waals surface area contributed by atoms with E-state index in [4.69, 9.17) is 21.0 Å². The van der Waals surface area contributed by atoms with Gasteiger partial charge >= 0.3 is 0 Å². The van der Waals surface area contributed by atoms with Crippen molar-refractivity contribution in [3.8, 4) is 11.4 Å². The number of rotatable bonds is 4. The standard InChI is InChI=1S/C25H23ClN6O/c1-17-6-11-20(33-17)16-30-12-14-31(15-13-30)25-27-22-5-3-2-4-21(22)24-29-28-23(32(24)25)18-7-9-19(26)10-8-18/h2-11H,12-16H2,1H3. The lowest BCUT2D eigenvalue weighted by molar-refractivity contribution is 0.228. The van der Waals surface area contributed by atoms with E-state index in [1.807, 2.05) is 61.5 Å². The summed E-state index contributed by atoms with van der Waals surface area (Å²) in [6, 6.07) is 19.9. The van der Waals surface area contributed by atoms with E-state index in [1.54, 1.807) is 0 Å². The van der Waals surface area contributed by atoms with Gasteiger partial charge in [0, 0.05) is 42.2 Å². The van der Waals surface area contributed by atoms with E-state index in [1.165, 1.54) is 0 Å². The van der Waals surface area contributed by atoms with Gasteiger partial charge in [-0.25, -0.2) is 9.38 Å². The average molecular weight is 459 g/mol. The SMILES string of the molecule is Cc1ccc(CN2CCN(c3nc4ccccc4c4nnc(-c5ccc(Cl)cc5)n34)CC2)o1. The number of aromatic nitrogens is 4. The van der Waals surface area contributed by atoms with Crippen LogP contribution in [0.25, 0.3) is 27.9 Å². The molecule has 0 bridgehead atoms. The van der Waals surface area contributed by atoms with Crippen molar-refractivity contribution in [2.75, 3.05) is 31.1 Å². The molecule has 1 fully saturated rings. The van der Waals surface area contributed by atoms with E-state index in [2.05, 4.69) is 30.5 Å². The second-order valence-electron chi connectivity index (χ2n) is 8.39. The Hall–Kier alpha value is -3.42. The van der Waals surface area contributed by atoms with Gasteiger partial charge in [0.15, 0.2) is 11.5 Å². The molecule has 166 valence electrons. The van der Waals surface area contributed by atoms with Crippen LogP contribution in [0.15, 0.2) is 65.1 Å². The number of nitrogens with zero attached hydrogens (tertiary/aromatic N) is 6. The van der Waals surface area contributed by atoms with Crippen LogP contribution in [0.5, 0.6) is 0 Å². The third-order valence-corrected chi connectivity index (χ3v) is 6.41. The molecule has 1 aliphatic heterocycles. The minimum atomic E-state index is 0.694. The number of anilines is 1. The number of hydrogen-bond acceptors (Lipinski definition) is 6. The summed E-state index contributed by atoms with van der Waals surface area (Å²) in [5.41, 5.74) is 2.69. The molecule has 4 heterocycles. The van der Waals surface area contributed by atoms with E-state index in [0.717, 1.165) is 78.1 Å². The maximum atomic E-state index is 6.12. The van der Waals surface area contributed by atoms with Crippen LogP contribution >= 0.6 is 11.6 Å². The Balaban J connectivity index is 1.38. The third kappa shape index (κ3) is 3.73. The van der Waals surface area contributed by atoms with Crippen LogP contribution in [-0.4, -0.2) is 50.7 Å². The average Bonchev–Trinajstić information content (AvgIpc) is 3.46. The lowest BCUT2D eigenvalue weighted by Crippen LogP contribution is -2.46. The lowest BCUT2D eigenvalue weighted by Gasteiger charge is -2.35. The molecule has 2 aromatic carbocycles. The smallest absolute Gasteiger partial charge is 0.213 e. The van der Waals surface area contributed by atoms with Gasteiger partial charge in [0.2, 0.25) is 5.95 Å². The molecule has 7 nitrogen and oxygen atoms in total. The maximum Gasteiger partial charge on any atom is 0.213 e. The Labute approximate surface area is 196 Å². The molecule has 0 aliphatic carbocycles. The van der Waals surface area contributed by atoms with Crippen molar-refractivity contribution in [1.29, 1.82) is 0 Å². The molecule has 1 aliphatic rings. The van der Waals surface area contributed by atoms with Crippen molar-refractivity contribution in [3.63, 3.8) is 0 Å². The highest BCUT2D eigenvalue weighted by Gasteiger charge is 2.24. The molecule has 0 saturated carbocycles. The molecule has 0 unspecified atom stereocenters. The van der Waals surface area contributed by atoms with Gasteiger partial charge in [-0.2, -0.15) is 0 Å². The summed E-state index contributed by atoms with van der Waals surface area (Å²) in [5.74, 6) is 3.60. The van der Waals surface area contributed by atoms with E-state index in [-0.39, 0.29) is 0 Å². The highest BCUT2D eigenvalue weighted by Crippen LogP contribution is 2.29. The fraction of sp³-hybridized carbons (Fsp3) is 0.240. The van der Waals surface area contributed by atoms with E-state index >= 15 is 0 Å². The zero-order valence-corrected chi connectivity index (χ0v) is 19.0. The number of furan rings is 1. The number of benzene rings is 2. The van der Waals surface area contributed by atoms with Gasteiger partial charge in [0.25, 0.3) is 0 Å². The number of piperazine rings is 1. The molecule has 33 heavy (non-hydrogen) atoms. The molecule has 0 radical (unpaired) electrons. The predicted octanol–water partition coefficient (Wildman–Crippen LogP) is 4.82. The second-order valence-corrected chi connectivity index (χ2v) is 8.83. The second kappa shape index (κ2) is 8.17. The van der Waals surface area contributed by atoms with Crippen LogP contribution < -0.4 is 4.90 Å². The molecule has 3 aromatic heterocycles. The molecular weight excluding hydrogens is 436 g/mol. The number of fused-ring (bicyclic) bond motifs is 3. The van der Waals surface area contributed by atoms with Gasteiger partial charge in [-0.15, -0.1) is 10.2 Å². The molecule has 0 N–H and O–H groups in total. The monoisotopic (exact) mass is 458 g/mol. The van der Waals surface area contributed by atoms with Crippen molar-refractivity contribution in [2.45, 2.75) is 13.5 Å². The normalized spacial score (nSPS) is 15.0. The fourth-order valence-electron chi connectivity index (χ4n) is 4.46. The Bertz CT molecular complexity index is 1430. The van der Waals surface area contributed by atoms with Crippen LogP contribution in [0.3, 0.4) is 0 Å². The number of aryl methyl sites for hydroxylation is 1. The number of halogens is 1. The molecule has 0 amide bonds. The van der Waals surface area contributed by atoms with Crippen LogP contribution in [0.4, 0.5) is 5.95 Å². The highest BCUT2D eigenvalue weighted by molar-refractivity contribution is 6.30. The fourth-order valence-corrected chi connectivity index (χ4v) is 4.59. The maximum absolute atomic E-state index is 6.12. The van der Waals surface area contributed by atoms with Crippen molar-refractivity contribution in [1.82, 2.24) is 24.5 Å². The Kier molecular flexibility index (Phi) is 5.00. The molecule has 8 heteroatoms. The zero-order valence-electron chi connectivity index (χ0n) is 18.3. The summed E-state index contributed by atoms with van der Waals surface area (Å²) < 4.78 is 7.85. The molecule has 6 rings (SSSR count). The Morgan fingerprint density at radius 3 is 2.45 bits per heavy atom. The summed E-state index contributed by atoms with van der Waals surface area (Å²) in [4.78, 5) is 9.80. The third-order valence-electron chi connectivity index (χ3n) is 6.16. The van der Waals surface area contributed by atoms with Crippen molar-refractivity contribution < 1.29 is 4.42 Å². The van der Waals surface area contributed by atoms with E-state index in [0.29, 0.717) is 5.02 Å². The quantitative estimate of drug-likeness (QED) is 0.384. The summed E-state index contributed by atoms with van der Waals surface area (Å²) in [7, 11) is 0.